The quantitative estimate of drug-likeness (QED) is 0.260. The molecule has 2 aromatic carbocycles. The molecule has 33 heavy (non-hydrogen) atoms. The summed E-state index contributed by atoms with van der Waals surface area (Å²) in [6, 6.07) is 12.9. The van der Waals surface area contributed by atoms with Gasteiger partial charge in [-0.15, -0.1) is 0 Å². The number of amides is 1. The van der Waals surface area contributed by atoms with E-state index in [1.165, 1.54) is 30.2 Å². The Labute approximate surface area is 191 Å². The first-order chi connectivity index (χ1) is 15.9. The van der Waals surface area contributed by atoms with E-state index in [1.807, 2.05) is 0 Å². The molecule has 1 amide bonds. The second kappa shape index (κ2) is 7.86. The molecule has 1 unspecified atom stereocenters. The van der Waals surface area contributed by atoms with Crippen LogP contribution < -0.4 is 9.64 Å². The maximum Gasteiger partial charge on any atom is 0.302 e. The summed E-state index contributed by atoms with van der Waals surface area (Å²) in [5, 5.41) is 11.3. The molecule has 3 heterocycles. The molecule has 1 atom stereocenters. The van der Waals surface area contributed by atoms with Crippen LogP contribution in [0.1, 0.15) is 23.1 Å². The SMILES string of the molecule is COc1cccc(C(O)=C2C(=O)C(=O)N(c3nc4ccc(F)cc4s3)C2c2ccc(C)o2)c1. The van der Waals surface area contributed by atoms with Crippen LogP contribution in [0.4, 0.5) is 9.52 Å². The molecule has 1 saturated heterocycles. The Morgan fingerprint density at radius 1 is 1.18 bits per heavy atom. The Morgan fingerprint density at radius 3 is 2.73 bits per heavy atom. The Hall–Kier alpha value is -3.98. The molecule has 7 nitrogen and oxygen atoms in total. The Morgan fingerprint density at radius 2 is 2.00 bits per heavy atom. The Balaban J connectivity index is 1.72. The highest BCUT2D eigenvalue weighted by Gasteiger charge is 2.49. The lowest BCUT2D eigenvalue weighted by Crippen LogP contribution is -2.29. The number of aliphatic hydroxyl groups excluding tert-OH is 1. The number of anilines is 1. The van der Waals surface area contributed by atoms with Gasteiger partial charge >= 0.3 is 5.91 Å². The lowest BCUT2D eigenvalue weighted by Gasteiger charge is -2.20. The summed E-state index contributed by atoms with van der Waals surface area (Å²) >= 11 is 1.07. The Bertz CT molecular complexity index is 1450. The van der Waals surface area contributed by atoms with Crippen LogP contribution in [0.25, 0.3) is 16.0 Å². The third kappa shape index (κ3) is 3.46. The zero-order valence-corrected chi connectivity index (χ0v) is 18.4. The van der Waals surface area contributed by atoms with Gasteiger partial charge in [-0.05, 0) is 49.4 Å². The van der Waals surface area contributed by atoms with Gasteiger partial charge in [0.05, 0.1) is 22.9 Å². The lowest BCUT2D eigenvalue weighted by atomic mass is 9.99. The number of benzene rings is 2. The molecule has 166 valence electrons. The monoisotopic (exact) mass is 464 g/mol. The number of carbonyl (C=O) groups is 2. The van der Waals surface area contributed by atoms with Crippen LogP contribution in [0.3, 0.4) is 0 Å². The number of halogens is 1. The third-order valence-electron chi connectivity index (χ3n) is 5.36. The van der Waals surface area contributed by atoms with Crippen LogP contribution in [-0.2, 0) is 9.59 Å². The van der Waals surface area contributed by atoms with Gasteiger partial charge in [0, 0.05) is 5.56 Å². The van der Waals surface area contributed by atoms with Gasteiger partial charge in [-0.3, -0.25) is 14.5 Å². The highest BCUT2D eigenvalue weighted by molar-refractivity contribution is 7.22. The Kier molecular flexibility index (Phi) is 4.98. The van der Waals surface area contributed by atoms with Crippen molar-refractivity contribution in [3.05, 3.63) is 83.1 Å². The zero-order valence-electron chi connectivity index (χ0n) is 17.5. The fourth-order valence-electron chi connectivity index (χ4n) is 3.81. The summed E-state index contributed by atoms with van der Waals surface area (Å²) in [6.45, 7) is 1.73. The maximum absolute atomic E-state index is 13.7. The maximum atomic E-state index is 13.7. The molecule has 1 N–H and O–H groups in total. The number of aryl methyl sites for hydroxylation is 1. The number of aromatic nitrogens is 1. The number of methoxy groups -OCH3 is 1. The van der Waals surface area contributed by atoms with Gasteiger partial charge in [-0.1, -0.05) is 23.5 Å². The number of hydrogen-bond acceptors (Lipinski definition) is 7. The van der Waals surface area contributed by atoms with Crippen molar-refractivity contribution in [1.82, 2.24) is 4.98 Å². The molecular weight excluding hydrogens is 447 g/mol. The average Bonchev–Trinajstić information content (AvgIpc) is 3.49. The molecular formula is C24H17FN2O5S. The first kappa shape index (κ1) is 20.9. The molecule has 1 aliphatic rings. The number of hydrogen-bond donors (Lipinski definition) is 1. The summed E-state index contributed by atoms with van der Waals surface area (Å²) in [7, 11) is 1.49. The summed E-state index contributed by atoms with van der Waals surface area (Å²) < 4.78 is 25.2. The number of furan rings is 1. The van der Waals surface area contributed by atoms with Crippen LogP contribution in [0.15, 0.2) is 64.6 Å². The van der Waals surface area contributed by atoms with Crippen molar-refractivity contribution < 1.29 is 28.2 Å². The minimum absolute atomic E-state index is 0.131. The first-order valence-electron chi connectivity index (χ1n) is 9.95. The van der Waals surface area contributed by atoms with Crippen molar-refractivity contribution in [2.75, 3.05) is 12.0 Å². The molecule has 0 radical (unpaired) electrons. The molecule has 9 heteroatoms. The molecule has 5 rings (SSSR count). The van der Waals surface area contributed by atoms with Gasteiger partial charge in [0.15, 0.2) is 5.13 Å². The van der Waals surface area contributed by atoms with E-state index in [1.54, 1.807) is 43.3 Å². The van der Waals surface area contributed by atoms with Gasteiger partial charge < -0.3 is 14.3 Å². The van der Waals surface area contributed by atoms with E-state index in [0.717, 1.165) is 11.3 Å². The lowest BCUT2D eigenvalue weighted by molar-refractivity contribution is -0.132. The number of Topliss-reactive ketones (excluding diaryl/α,β-unsaturated/α-hetero) is 1. The number of aliphatic hydroxyl groups is 1. The smallest absolute Gasteiger partial charge is 0.302 e. The van der Waals surface area contributed by atoms with Crippen molar-refractivity contribution in [2.45, 2.75) is 13.0 Å². The molecule has 1 aliphatic heterocycles. The van der Waals surface area contributed by atoms with E-state index in [9.17, 15) is 19.1 Å². The molecule has 2 aromatic heterocycles. The fraction of sp³-hybridized carbons (Fsp3) is 0.125. The summed E-state index contributed by atoms with van der Waals surface area (Å²) in [4.78, 5) is 31.9. The largest absolute Gasteiger partial charge is 0.507 e. The van der Waals surface area contributed by atoms with Crippen molar-refractivity contribution in [1.29, 1.82) is 0 Å². The molecule has 0 saturated carbocycles. The van der Waals surface area contributed by atoms with E-state index in [4.69, 9.17) is 9.15 Å². The van der Waals surface area contributed by atoms with Gasteiger partial charge in [0.2, 0.25) is 0 Å². The predicted molar refractivity (Wildman–Crippen MR) is 121 cm³/mol. The molecule has 0 spiro atoms. The van der Waals surface area contributed by atoms with Gasteiger partial charge in [-0.25, -0.2) is 9.37 Å². The van der Waals surface area contributed by atoms with E-state index in [-0.39, 0.29) is 16.5 Å². The van der Waals surface area contributed by atoms with E-state index >= 15 is 0 Å². The van der Waals surface area contributed by atoms with Crippen molar-refractivity contribution >= 4 is 44.1 Å². The van der Waals surface area contributed by atoms with Crippen molar-refractivity contribution in [3.63, 3.8) is 0 Å². The van der Waals surface area contributed by atoms with E-state index in [0.29, 0.717) is 33.1 Å². The van der Waals surface area contributed by atoms with Crippen molar-refractivity contribution in [2.24, 2.45) is 0 Å². The zero-order chi connectivity index (χ0) is 23.3. The standard InChI is InChI=1S/C24H17FN2O5S/c1-12-6-9-17(32-12)20-19(21(28)13-4-3-5-15(10-13)31-2)22(29)23(30)27(20)24-26-16-8-7-14(25)11-18(16)33-24/h3-11,20,28H,1-2H3. The topological polar surface area (TPSA) is 92.9 Å². The molecule has 0 aliphatic carbocycles. The van der Waals surface area contributed by atoms with Crippen LogP contribution >= 0.6 is 11.3 Å². The van der Waals surface area contributed by atoms with E-state index < -0.39 is 23.5 Å². The van der Waals surface area contributed by atoms with Gasteiger partial charge in [0.25, 0.3) is 5.78 Å². The second-order valence-electron chi connectivity index (χ2n) is 7.46. The predicted octanol–water partition coefficient (Wildman–Crippen LogP) is 4.97. The number of ether oxygens (including phenoxy) is 1. The average molecular weight is 464 g/mol. The van der Waals surface area contributed by atoms with E-state index in [2.05, 4.69) is 4.98 Å². The normalized spacial score (nSPS) is 17.8. The third-order valence-corrected chi connectivity index (χ3v) is 6.38. The first-order valence-corrected chi connectivity index (χ1v) is 10.8. The molecule has 4 aromatic rings. The van der Waals surface area contributed by atoms with Crippen molar-refractivity contribution in [3.8, 4) is 5.75 Å². The molecule has 1 fully saturated rings. The van der Waals surface area contributed by atoms with Crippen LogP contribution in [0, 0.1) is 12.7 Å². The fourth-order valence-corrected chi connectivity index (χ4v) is 4.83. The number of rotatable bonds is 4. The summed E-state index contributed by atoms with van der Waals surface area (Å²) in [5.41, 5.74) is 0.667. The minimum atomic E-state index is -1.05. The second-order valence-corrected chi connectivity index (χ2v) is 8.47. The summed E-state index contributed by atoms with van der Waals surface area (Å²) in [5.74, 6) is -1.19. The summed E-state index contributed by atoms with van der Waals surface area (Å²) in [6.07, 6.45) is 0. The van der Waals surface area contributed by atoms with Crippen LogP contribution in [-0.4, -0.2) is 28.9 Å². The van der Waals surface area contributed by atoms with Crippen LogP contribution in [0.2, 0.25) is 0 Å². The number of ketones is 1. The van der Waals surface area contributed by atoms with Crippen LogP contribution in [0.5, 0.6) is 5.75 Å². The minimum Gasteiger partial charge on any atom is -0.507 e. The number of carbonyl (C=O) groups excluding carboxylic acids is 2. The molecule has 0 bridgehead atoms. The number of fused-ring (bicyclic) bond motifs is 1. The van der Waals surface area contributed by atoms with Gasteiger partial charge in [0.1, 0.15) is 34.9 Å². The van der Waals surface area contributed by atoms with Gasteiger partial charge in [-0.2, -0.15) is 0 Å². The highest BCUT2D eigenvalue weighted by atomic mass is 32.1. The number of thiazole rings is 1. The number of nitrogens with zero attached hydrogens (tertiary/aromatic N) is 2. The highest BCUT2D eigenvalue weighted by Crippen LogP contribution is 2.44.